The van der Waals surface area contributed by atoms with Gasteiger partial charge < -0.3 is 10.8 Å². The highest BCUT2D eigenvalue weighted by Crippen LogP contribution is 0.952. The number of hydrogen-bond acceptors (Lipinski definition) is 2. The second-order valence-corrected chi connectivity index (χ2v) is 0.183. The van der Waals surface area contributed by atoms with Gasteiger partial charge in [0.15, 0.2) is 0 Å². The maximum atomic E-state index is 8.24. The smallest absolute Gasteiger partial charge is 0.0159 e. The molecule has 0 radical (unpaired) electrons. The number of hydrogen-bond donors (Lipinski definition) is 0. The van der Waals surface area contributed by atoms with Crippen molar-refractivity contribution in [2.24, 2.45) is 0 Å². The third-order valence-electron chi connectivity index (χ3n) is 0. The molecule has 0 aliphatic carbocycles. The summed E-state index contributed by atoms with van der Waals surface area (Å²) in [7, 11) is 0. The van der Waals surface area contributed by atoms with Gasteiger partial charge >= 0.3 is 0 Å². The molecule has 48 valence electrons. The molecule has 0 fully saturated rings. The Morgan fingerprint density at radius 2 is 1.00 bits per heavy atom. The molecule has 0 bridgehead atoms. The van der Waals surface area contributed by atoms with Crippen molar-refractivity contribution in [2.45, 2.75) is 7.43 Å². The standard InChI is InChI=1S/2CNO.CH4.H3P/c2*2-1-3;;/h;;1H4;1H3/q2*-1;;. The summed E-state index contributed by atoms with van der Waals surface area (Å²) in [6, 6.07) is 0. The van der Waals surface area contributed by atoms with Crippen LogP contribution in [0.15, 0.2) is 0 Å². The zero-order chi connectivity index (χ0) is 5.41. The van der Waals surface area contributed by atoms with Gasteiger partial charge in [-0.2, -0.15) is 9.90 Å². The van der Waals surface area contributed by atoms with Crippen molar-refractivity contribution in [1.82, 2.24) is 0 Å². The molecule has 0 aromatic carbocycles. The van der Waals surface area contributed by atoms with Crippen LogP contribution in [-0.4, -0.2) is 12.2 Å². The van der Waals surface area contributed by atoms with Gasteiger partial charge in [-0.05, 0) is 12.2 Å². The average molecular weight is 134 g/mol. The fourth-order valence-corrected chi connectivity index (χ4v) is 0. The molecular weight excluding hydrogens is 127 g/mol. The second-order valence-electron chi connectivity index (χ2n) is 0.183. The lowest BCUT2D eigenvalue weighted by Gasteiger charge is -1.32. The molecule has 1 unspecified atom stereocenters. The highest BCUT2D eigenvalue weighted by Gasteiger charge is 0.793. The van der Waals surface area contributed by atoms with Gasteiger partial charge in [0.1, 0.15) is 0 Å². The quantitative estimate of drug-likeness (QED) is 0.274. The molecule has 0 aromatic rings. The third kappa shape index (κ3) is 139. The van der Waals surface area contributed by atoms with Gasteiger partial charge in [0, 0.05) is 0 Å². The van der Waals surface area contributed by atoms with E-state index >= 15 is 0 Å². The lowest BCUT2D eigenvalue weighted by Crippen LogP contribution is -1.13. The predicted molar refractivity (Wildman–Crippen MR) is 35.9 cm³/mol. The topological polar surface area (TPSA) is 78.7 Å². The van der Waals surface area contributed by atoms with Crippen LogP contribution >= 0.6 is 9.90 Å². The number of carbonyl (C=O) groups excluding carboxylic acids is 2. The molecule has 0 spiro atoms. The van der Waals surface area contributed by atoms with Crippen molar-refractivity contribution in [3.8, 4) is 0 Å². The van der Waals surface area contributed by atoms with E-state index in [4.69, 9.17) is 20.4 Å². The first-order valence-electron chi connectivity index (χ1n) is 0.855. The molecule has 0 rings (SSSR count). The SMILES string of the molecule is C.P.[N-]=C=O.[N-]=C=O. The van der Waals surface area contributed by atoms with Crippen LogP contribution in [0.3, 0.4) is 0 Å². The fraction of sp³-hybridized carbons (Fsp3) is 0.333. The molecule has 0 aliphatic heterocycles. The molecule has 0 saturated heterocycles. The largest absolute Gasteiger partial charge is 0.724 e. The van der Waals surface area contributed by atoms with Crippen LogP contribution in [0.4, 0.5) is 0 Å². The minimum Gasteiger partial charge on any atom is -0.724 e. The summed E-state index contributed by atoms with van der Waals surface area (Å²) < 4.78 is 0. The van der Waals surface area contributed by atoms with E-state index in [1.165, 1.54) is 0 Å². The number of rotatable bonds is 0. The Bertz CT molecular complexity index is 69.3. The van der Waals surface area contributed by atoms with Gasteiger partial charge in [0.25, 0.3) is 0 Å². The molecule has 8 heavy (non-hydrogen) atoms. The summed E-state index contributed by atoms with van der Waals surface area (Å²) >= 11 is 0. The van der Waals surface area contributed by atoms with E-state index in [0.717, 1.165) is 0 Å². The normalized spacial score (nSPS) is 2.00. The van der Waals surface area contributed by atoms with Crippen LogP contribution in [-0.2, 0) is 9.59 Å². The summed E-state index contributed by atoms with van der Waals surface area (Å²) in [5.74, 6) is 0. The summed E-state index contributed by atoms with van der Waals surface area (Å²) in [5, 5.41) is 13.5. The Morgan fingerprint density at radius 1 is 1.00 bits per heavy atom. The van der Waals surface area contributed by atoms with Crippen molar-refractivity contribution in [2.75, 3.05) is 0 Å². The summed E-state index contributed by atoms with van der Waals surface area (Å²) in [5.41, 5.74) is 0. The maximum Gasteiger partial charge on any atom is -0.0159 e. The van der Waals surface area contributed by atoms with E-state index in [2.05, 4.69) is 0 Å². The minimum atomic E-state index is 0. The van der Waals surface area contributed by atoms with E-state index in [1.807, 2.05) is 0 Å². The first kappa shape index (κ1) is 27.1. The molecule has 1 atom stereocenters. The fourth-order valence-electron chi connectivity index (χ4n) is 0. The van der Waals surface area contributed by atoms with Crippen LogP contribution in [0.2, 0.25) is 0 Å². The number of nitrogens with zero attached hydrogens (tertiary/aromatic N) is 2. The van der Waals surface area contributed by atoms with Crippen LogP contribution in [0.25, 0.3) is 10.8 Å². The van der Waals surface area contributed by atoms with Crippen LogP contribution in [0.5, 0.6) is 0 Å². The first-order valence-corrected chi connectivity index (χ1v) is 0.855. The molecule has 0 amide bonds. The molecule has 0 saturated carbocycles. The highest BCUT2D eigenvalue weighted by molar-refractivity contribution is 6.92. The molecule has 0 aliphatic rings. The Labute approximate surface area is 50.9 Å². The van der Waals surface area contributed by atoms with Crippen LogP contribution < -0.4 is 0 Å². The van der Waals surface area contributed by atoms with Crippen molar-refractivity contribution in [3.63, 3.8) is 0 Å². The molecular formula is C3H7N2O2P-2. The second kappa shape index (κ2) is 118. The Balaban J connectivity index is -0.0000000160. The van der Waals surface area contributed by atoms with Crippen molar-refractivity contribution < 1.29 is 9.59 Å². The van der Waals surface area contributed by atoms with E-state index < -0.39 is 0 Å². The third-order valence-corrected chi connectivity index (χ3v) is 0. The zero-order valence-corrected chi connectivity index (χ0v) is 4.83. The van der Waals surface area contributed by atoms with E-state index in [9.17, 15) is 0 Å². The summed E-state index contributed by atoms with van der Waals surface area (Å²) in [4.78, 5) is 16.5. The van der Waals surface area contributed by atoms with Crippen LogP contribution in [0.1, 0.15) is 7.43 Å². The highest BCUT2D eigenvalue weighted by atomic mass is 31.0. The van der Waals surface area contributed by atoms with Crippen molar-refractivity contribution in [3.05, 3.63) is 10.8 Å². The lowest BCUT2D eigenvalue weighted by atomic mass is 11.7. The average Bonchev–Trinajstić information content (AvgIpc) is 1.39. The van der Waals surface area contributed by atoms with E-state index in [0.29, 0.717) is 12.2 Å². The first-order chi connectivity index (χ1) is 2.83. The zero-order valence-electron chi connectivity index (χ0n) is 3.42. The Hall–Kier alpha value is -0.810. The maximum absolute atomic E-state index is 8.24. The van der Waals surface area contributed by atoms with Gasteiger partial charge in [0.05, 0.1) is 0 Å². The van der Waals surface area contributed by atoms with Crippen molar-refractivity contribution in [1.29, 1.82) is 0 Å². The molecule has 4 nitrogen and oxygen atoms in total. The number of isocyanates is 2. The van der Waals surface area contributed by atoms with Crippen LogP contribution in [0, 0.1) is 0 Å². The Morgan fingerprint density at radius 3 is 1.00 bits per heavy atom. The summed E-state index contributed by atoms with van der Waals surface area (Å²) in [6.45, 7) is 0. The summed E-state index contributed by atoms with van der Waals surface area (Å²) in [6.07, 6.45) is 1.00. The Kier molecular flexibility index (Phi) is 398. The molecule has 0 N–H and O–H groups in total. The van der Waals surface area contributed by atoms with Gasteiger partial charge in [-0.15, -0.1) is 0 Å². The molecule has 0 aromatic heterocycles. The van der Waals surface area contributed by atoms with E-state index in [-0.39, 0.29) is 17.3 Å². The van der Waals surface area contributed by atoms with E-state index in [1.54, 1.807) is 0 Å². The van der Waals surface area contributed by atoms with Crippen molar-refractivity contribution >= 4 is 22.1 Å². The minimum absolute atomic E-state index is 0. The monoisotopic (exact) mass is 134 g/mol. The van der Waals surface area contributed by atoms with Gasteiger partial charge in [0.2, 0.25) is 0 Å². The predicted octanol–water partition coefficient (Wildman–Crippen LogP) is 0.477. The molecule has 0 heterocycles. The van der Waals surface area contributed by atoms with Gasteiger partial charge in [-0.25, -0.2) is 0 Å². The van der Waals surface area contributed by atoms with Gasteiger partial charge in [-0.3, -0.25) is 9.59 Å². The molecule has 5 heteroatoms. The lowest BCUT2D eigenvalue weighted by molar-refractivity contribution is 0.568. The van der Waals surface area contributed by atoms with Gasteiger partial charge in [-0.1, -0.05) is 7.43 Å².